The largest absolute Gasteiger partial charge is 0.331 e. The molecule has 0 radical (unpaired) electrons. The number of nitrogens with one attached hydrogen (secondary N) is 1. The first-order chi connectivity index (χ1) is 12.0. The molecule has 1 aliphatic heterocycles. The molecule has 2 saturated carbocycles. The molecule has 7 heteroatoms. The van der Waals surface area contributed by atoms with E-state index in [-0.39, 0.29) is 6.04 Å². The minimum Gasteiger partial charge on any atom is -0.277 e. The summed E-state index contributed by atoms with van der Waals surface area (Å²) in [7, 11) is 0. The molecule has 0 unspecified atom stereocenters. The number of nitrogens with zero attached hydrogens (tertiary/aromatic N) is 2. The van der Waals surface area contributed by atoms with Crippen LogP contribution in [0.4, 0.5) is 10.5 Å². The van der Waals surface area contributed by atoms with Crippen molar-refractivity contribution in [3.8, 4) is 0 Å². The van der Waals surface area contributed by atoms with Crippen molar-refractivity contribution in [1.82, 2.24) is 10.2 Å². The van der Waals surface area contributed by atoms with Gasteiger partial charge in [0.05, 0.1) is 5.69 Å². The van der Waals surface area contributed by atoms with Crippen molar-refractivity contribution < 1.29 is 14.4 Å². The molecule has 1 heterocycles. The predicted molar refractivity (Wildman–Crippen MR) is 100 cm³/mol. The Labute approximate surface area is 159 Å². The Morgan fingerprint density at radius 2 is 1.88 bits per heavy atom. The lowest BCUT2D eigenvalue weighted by atomic mass is 9.92. The number of rotatable bonds is 3. The normalized spacial score (nSPS) is 31.9. The van der Waals surface area contributed by atoms with E-state index in [1.165, 1.54) is 17.5 Å². The highest BCUT2D eigenvalue weighted by Crippen LogP contribution is 2.47. The highest BCUT2D eigenvalue weighted by atomic mass is 127. The van der Waals surface area contributed by atoms with E-state index in [0.717, 1.165) is 22.8 Å². The summed E-state index contributed by atoms with van der Waals surface area (Å²) in [5.74, 6) is -1.10. The number of hydrogen-bond acceptors (Lipinski definition) is 4. The maximum Gasteiger partial charge on any atom is 0.331 e. The molecule has 1 saturated heterocycles. The van der Waals surface area contributed by atoms with Gasteiger partial charge in [-0.2, -0.15) is 0 Å². The molecule has 6 nitrogen and oxygen atoms in total. The summed E-state index contributed by atoms with van der Waals surface area (Å²) < 4.78 is 1.08. The van der Waals surface area contributed by atoms with Crippen LogP contribution in [0.1, 0.15) is 25.7 Å². The van der Waals surface area contributed by atoms with E-state index < -0.39 is 23.8 Å². The number of carbonyl (C=O) groups excluding carboxylic acids is 3. The van der Waals surface area contributed by atoms with Gasteiger partial charge in [-0.05, 0) is 78.0 Å². The smallest absolute Gasteiger partial charge is 0.277 e. The number of hydrogen-bond donors (Lipinski definition) is 1. The molecule has 25 heavy (non-hydrogen) atoms. The summed E-state index contributed by atoms with van der Waals surface area (Å²) >= 11 is 2.20. The van der Waals surface area contributed by atoms with Crippen LogP contribution in [-0.2, 0) is 9.59 Å². The van der Waals surface area contributed by atoms with Crippen LogP contribution in [0.3, 0.4) is 0 Å². The van der Waals surface area contributed by atoms with E-state index in [1.807, 2.05) is 24.3 Å². The molecule has 1 aromatic carbocycles. The van der Waals surface area contributed by atoms with Gasteiger partial charge < -0.3 is 0 Å². The number of barbiturate groups is 1. The lowest BCUT2D eigenvalue weighted by molar-refractivity contribution is -0.141. The lowest BCUT2D eigenvalue weighted by Gasteiger charge is -2.36. The first kappa shape index (κ1) is 16.7. The Morgan fingerprint density at radius 1 is 1.12 bits per heavy atom. The highest BCUT2D eigenvalue weighted by molar-refractivity contribution is 14.1. The van der Waals surface area contributed by atoms with Crippen molar-refractivity contribution >= 4 is 52.3 Å². The van der Waals surface area contributed by atoms with Gasteiger partial charge in [0.2, 0.25) is 11.8 Å². The maximum atomic E-state index is 12.8. The third-order valence-corrected chi connectivity index (χ3v) is 6.19. The minimum atomic E-state index is -1.05. The zero-order valence-electron chi connectivity index (χ0n) is 13.5. The Balaban J connectivity index is 1.55. The summed E-state index contributed by atoms with van der Waals surface area (Å²) in [4.78, 5) is 42.8. The molecule has 3 aliphatic rings. The Kier molecular flexibility index (Phi) is 4.35. The van der Waals surface area contributed by atoms with Gasteiger partial charge >= 0.3 is 6.03 Å². The molecule has 4 atom stereocenters. The number of aliphatic imine (C=N–C) groups is 1. The van der Waals surface area contributed by atoms with Gasteiger partial charge in [-0.15, -0.1) is 0 Å². The van der Waals surface area contributed by atoms with E-state index >= 15 is 0 Å². The number of carbonyl (C=O) groups is 3. The van der Waals surface area contributed by atoms with Crippen LogP contribution in [0, 0.1) is 21.3 Å². The predicted octanol–water partition coefficient (Wildman–Crippen LogP) is 2.88. The topological polar surface area (TPSA) is 78.8 Å². The van der Waals surface area contributed by atoms with E-state index in [9.17, 15) is 14.4 Å². The zero-order chi connectivity index (χ0) is 17.6. The van der Waals surface area contributed by atoms with E-state index in [2.05, 4.69) is 32.9 Å². The Morgan fingerprint density at radius 3 is 2.52 bits per heavy atom. The van der Waals surface area contributed by atoms with Crippen LogP contribution in [0.2, 0.25) is 0 Å². The van der Waals surface area contributed by atoms with Gasteiger partial charge in [0.25, 0.3) is 0 Å². The molecule has 4 rings (SSSR count). The van der Waals surface area contributed by atoms with E-state index in [0.29, 0.717) is 17.5 Å². The average molecular weight is 451 g/mol. The molecule has 2 bridgehead atoms. The lowest BCUT2D eigenvalue weighted by Crippen LogP contribution is -2.62. The van der Waals surface area contributed by atoms with Crippen LogP contribution in [0.5, 0.6) is 0 Å². The number of urea groups is 1. The van der Waals surface area contributed by atoms with Gasteiger partial charge in [-0.1, -0.05) is 6.42 Å². The van der Waals surface area contributed by atoms with Gasteiger partial charge in [0.15, 0.2) is 5.92 Å². The Hall–Kier alpha value is -1.77. The molecule has 1 N–H and O–H groups in total. The molecule has 130 valence electrons. The average Bonchev–Trinajstić information content (AvgIpc) is 3.19. The fourth-order valence-corrected chi connectivity index (χ4v) is 4.63. The summed E-state index contributed by atoms with van der Waals surface area (Å²) in [5, 5.41) is 2.33. The van der Waals surface area contributed by atoms with Crippen LogP contribution in [-0.4, -0.2) is 35.0 Å². The molecule has 3 fully saturated rings. The second-order valence-electron chi connectivity index (χ2n) is 6.98. The third-order valence-electron chi connectivity index (χ3n) is 5.47. The SMILES string of the molecule is O=C1NC(=O)N([C@H]2C[C@H]3CC[C@H]2C3)C(=O)[C@@H]1C=Nc1ccc(I)cc1. The maximum absolute atomic E-state index is 12.8. The quantitative estimate of drug-likeness (QED) is 0.436. The van der Waals surface area contributed by atoms with Crippen molar-refractivity contribution in [1.29, 1.82) is 0 Å². The second-order valence-corrected chi connectivity index (χ2v) is 8.22. The summed E-state index contributed by atoms with van der Waals surface area (Å²) in [5.41, 5.74) is 0.671. The van der Waals surface area contributed by atoms with Gasteiger partial charge in [0, 0.05) is 15.8 Å². The molecule has 0 aromatic heterocycles. The summed E-state index contributed by atoms with van der Waals surface area (Å²) in [6, 6.07) is 6.80. The molecule has 0 spiro atoms. The number of halogens is 1. The fraction of sp³-hybridized carbons (Fsp3) is 0.444. The molecular weight excluding hydrogens is 433 g/mol. The van der Waals surface area contributed by atoms with Crippen LogP contribution in [0.15, 0.2) is 29.3 Å². The fourth-order valence-electron chi connectivity index (χ4n) is 4.27. The summed E-state index contributed by atoms with van der Waals surface area (Å²) in [6.07, 6.45) is 5.53. The van der Waals surface area contributed by atoms with Crippen molar-refractivity contribution in [2.24, 2.45) is 22.7 Å². The van der Waals surface area contributed by atoms with Gasteiger partial charge in [-0.25, -0.2) is 4.79 Å². The molecule has 2 aliphatic carbocycles. The number of benzene rings is 1. The first-order valence-electron chi connectivity index (χ1n) is 8.50. The van der Waals surface area contributed by atoms with Crippen LogP contribution in [0.25, 0.3) is 0 Å². The van der Waals surface area contributed by atoms with Gasteiger partial charge in [0.1, 0.15) is 0 Å². The van der Waals surface area contributed by atoms with Crippen molar-refractivity contribution in [2.45, 2.75) is 31.7 Å². The highest BCUT2D eigenvalue weighted by Gasteiger charge is 2.50. The van der Waals surface area contributed by atoms with E-state index in [1.54, 1.807) is 0 Å². The van der Waals surface area contributed by atoms with Gasteiger partial charge in [-0.3, -0.25) is 24.8 Å². The molecular formula is C18H18IN3O3. The number of amides is 4. The number of imide groups is 2. The van der Waals surface area contributed by atoms with Crippen LogP contribution < -0.4 is 5.32 Å². The molecule has 1 aromatic rings. The second kappa shape index (κ2) is 6.51. The third kappa shape index (κ3) is 3.09. The zero-order valence-corrected chi connectivity index (χ0v) is 15.7. The first-order valence-corrected chi connectivity index (χ1v) is 9.58. The summed E-state index contributed by atoms with van der Waals surface area (Å²) in [6.45, 7) is 0. The van der Waals surface area contributed by atoms with Crippen molar-refractivity contribution in [3.63, 3.8) is 0 Å². The Bertz CT molecular complexity index is 761. The van der Waals surface area contributed by atoms with Crippen molar-refractivity contribution in [2.75, 3.05) is 0 Å². The standard InChI is InChI=1S/C18H18IN3O3/c19-12-3-5-13(6-4-12)20-9-14-16(23)21-18(25)22(17(14)24)15-8-10-1-2-11(15)7-10/h3-6,9-11,14-15H,1-2,7-8H2,(H,21,23,25)/t10-,11-,14+,15-/m0/s1. The van der Waals surface area contributed by atoms with E-state index in [4.69, 9.17) is 0 Å². The van der Waals surface area contributed by atoms with Crippen LogP contribution >= 0.6 is 22.6 Å². The monoisotopic (exact) mass is 451 g/mol. The molecule has 4 amide bonds. The number of fused-ring (bicyclic) bond motifs is 2. The minimum absolute atomic E-state index is 0.0754. The van der Waals surface area contributed by atoms with Crippen molar-refractivity contribution in [3.05, 3.63) is 27.8 Å².